The molecule has 0 aromatic carbocycles. The number of amides is 2. The van der Waals surface area contributed by atoms with Gasteiger partial charge in [0.15, 0.2) is 0 Å². The van der Waals surface area contributed by atoms with Crippen molar-refractivity contribution >= 4 is 28.7 Å². The van der Waals surface area contributed by atoms with E-state index in [1.807, 2.05) is 43.7 Å². The first-order valence-electron chi connectivity index (χ1n) is 7.02. The summed E-state index contributed by atoms with van der Waals surface area (Å²) in [7, 11) is 0. The van der Waals surface area contributed by atoms with Gasteiger partial charge in [-0.05, 0) is 18.4 Å². The van der Waals surface area contributed by atoms with Crippen molar-refractivity contribution in [1.29, 1.82) is 0 Å². The van der Waals surface area contributed by atoms with Crippen LogP contribution in [0.3, 0.4) is 0 Å². The third-order valence-electron chi connectivity index (χ3n) is 3.36. The lowest BCUT2D eigenvalue weighted by Crippen LogP contribution is -2.44. The maximum absolute atomic E-state index is 12.2. The SMILES string of the molecule is Cc1csc(CNC(=O)N[C@@H](c2cccs2)C(C)(C)CO)n1. The summed E-state index contributed by atoms with van der Waals surface area (Å²) in [5.74, 6) is 0. The number of hydrogen-bond acceptors (Lipinski definition) is 5. The molecule has 2 aromatic rings. The van der Waals surface area contributed by atoms with E-state index in [1.54, 1.807) is 11.3 Å². The normalized spacial score (nSPS) is 12.9. The third-order valence-corrected chi connectivity index (χ3v) is 5.26. The molecule has 2 heterocycles. The average molecular weight is 339 g/mol. The molecule has 3 N–H and O–H groups in total. The number of nitrogens with zero attached hydrogens (tertiary/aromatic N) is 1. The molecule has 0 bridgehead atoms. The molecule has 0 unspecified atom stereocenters. The van der Waals surface area contributed by atoms with E-state index in [9.17, 15) is 9.90 Å². The minimum Gasteiger partial charge on any atom is -0.396 e. The molecule has 2 aromatic heterocycles. The van der Waals surface area contributed by atoms with Crippen LogP contribution in [-0.2, 0) is 6.54 Å². The van der Waals surface area contributed by atoms with E-state index < -0.39 is 5.41 Å². The minimum absolute atomic E-state index is 0.0124. The highest BCUT2D eigenvalue weighted by Crippen LogP contribution is 2.35. The Hall–Kier alpha value is -1.44. The monoisotopic (exact) mass is 339 g/mol. The van der Waals surface area contributed by atoms with Gasteiger partial charge < -0.3 is 15.7 Å². The van der Waals surface area contributed by atoms with Crippen molar-refractivity contribution in [2.75, 3.05) is 6.61 Å². The summed E-state index contributed by atoms with van der Waals surface area (Å²) in [6.07, 6.45) is 0. The lowest BCUT2D eigenvalue weighted by Gasteiger charge is -2.32. The second-order valence-corrected chi connectivity index (χ2v) is 7.73. The summed E-state index contributed by atoms with van der Waals surface area (Å²) in [6, 6.07) is 3.42. The molecule has 0 fully saturated rings. The molecule has 2 rings (SSSR count). The quantitative estimate of drug-likeness (QED) is 0.757. The molecule has 120 valence electrons. The minimum atomic E-state index is -0.444. The van der Waals surface area contributed by atoms with E-state index in [1.165, 1.54) is 11.3 Å². The standard InChI is InChI=1S/C15H21N3O2S2/c1-10-8-22-12(17-10)7-16-14(20)18-13(15(2,3)9-19)11-5-4-6-21-11/h4-6,8,13,19H,7,9H2,1-3H3,(H2,16,18,20)/t13-/m0/s1. The van der Waals surface area contributed by atoms with Crippen LogP contribution in [0, 0.1) is 12.3 Å². The van der Waals surface area contributed by atoms with Gasteiger partial charge in [0.2, 0.25) is 0 Å². The van der Waals surface area contributed by atoms with Crippen molar-refractivity contribution in [3.8, 4) is 0 Å². The molecule has 0 saturated heterocycles. The number of carbonyl (C=O) groups is 1. The van der Waals surface area contributed by atoms with E-state index in [2.05, 4.69) is 15.6 Å². The Morgan fingerprint density at radius 1 is 1.45 bits per heavy atom. The maximum atomic E-state index is 12.2. The van der Waals surface area contributed by atoms with Crippen molar-refractivity contribution in [2.45, 2.75) is 33.4 Å². The van der Waals surface area contributed by atoms with Crippen molar-refractivity contribution in [3.05, 3.63) is 38.5 Å². The van der Waals surface area contributed by atoms with Gasteiger partial charge in [-0.2, -0.15) is 0 Å². The Morgan fingerprint density at radius 2 is 2.23 bits per heavy atom. The van der Waals surface area contributed by atoms with Crippen LogP contribution >= 0.6 is 22.7 Å². The van der Waals surface area contributed by atoms with Crippen molar-refractivity contribution in [2.24, 2.45) is 5.41 Å². The van der Waals surface area contributed by atoms with Crippen LogP contribution in [0.1, 0.15) is 35.5 Å². The molecule has 0 spiro atoms. The first-order chi connectivity index (χ1) is 10.4. The Morgan fingerprint density at radius 3 is 2.77 bits per heavy atom. The zero-order valence-electron chi connectivity index (χ0n) is 12.9. The van der Waals surface area contributed by atoms with Crippen molar-refractivity contribution < 1.29 is 9.90 Å². The van der Waals surface area contributed by atoms with Crippen LogP contribution in [-0.4, -0.2) is 22.7 Å². The fourth-order valence-corrected chi connectivity index (χ4v) is 3.72. The Bertz CT molecular complexity index is 608. The Balaban J connectivity index is 1.99. The van der Waals surface area contributed by atoms with Crippen LogP contribution in [0.25, 0.3) is 0 Å². The van der Waals surface area contributed by atoms with Gasteiger partial charge >= 0.3 is 6.03 Å². The summed E-state index contributed by atoms with van der Waals surface area (Å²) in [5, 5.41) is 20.2. The number of urea groups is 1. The van der Waals surface area contributed by atoms with Crippen LogP contribution in [0.2, 0.25) is 0 Å². The summed E-state index contributed by atoms with van der Waals surface area (Å²) in [5.41, 5.74) is 0.514. The number of thiazole rings is 1. The van der Waals surface area contributed by atoms with Crippen molar-refractivity contribution in [3.63, 3.8) is 0 Å². The smallest absolute Gasteiger partial charge is 0.315 e. The second-order valence-electron chi connectivity index (χ2n) is 5.80. The maximum Gasteiger partial charge on any atom is 0.315 e. The zero-order chi connectivity index (χ0) is 16.2. The number of rotatable bonds is 6. The Labute approximate surface area is 138 Å². The predicted octanol–water partition coefficient (Wildman–Crippen LogP) is 3.07. The highest BCUT2D eigenvalue weighted by molar-refractivity contribution is 7.10. The number of nitrogens with one attached hydrogen (secondary N) is 2. The second kappa shape index (κ2) is 7.21. The molecular formula is C15H21N3O2S2. The largest absolute Gasteiger partial charge is 0.396 e. The summed E-state index contributed by atoms with van der Waals surface area (Å²) in [4.78, 5) is 17.5. The number of aromatic nitrogens is 1. The van der Waals surface area contributed by atoms with E-state index >= 15 is 0 Å². The molecule has 0 aliphatic carbocycles. The topological polar surface area (TPSA) is 74.2 Å². The lowest BCUT2D eigenvalue weighted by atomic mass is 9.84. The highest BCUT2D eigenvalue weighted by Gasteiger charge is 2.32. The number of thiophene rings is 1. The third kappa shape index (κ3) is 4.28. The molecule has 2 amide bonds. The van der Waals surface area contributed by atoms with Gasteiger partial charge in [-0.3, -0.25) is 0 Å². The van der Waals surface area contributed by atoms with Crippen molar-refractivity contribution in [1.82, 2.24) is 15.6 Å². The summed E-state index contributed by atoms with van der Waals surface area (Å²) >= 11 is 3.10. The molecule has 5 nitrogen and oxygen atoms in total. The molecule has 0 saturated carbocycles. The van der Waals surface area contributed by atoms with Gasteiger partial charge in [-0.25, -0.2) is 9.78 Å². The fourth-order valence-electron chi connectivity index (χ4n) is 2.02. The summed E-state index contributed by atoms with van der Waals surface area (Å²) in [6.45, 7) is 6.18. The van der Waals surface area contributed by atoms with Crippen LogP contribution in [0.5, 0.6) is 0 Å². The first kappa shape index (κ1) is 16.9. The van der Waals surface area contributed by atoms with Gasteiger partial charge in [-0.1, -0.05) is 19.9 Å². The number of carbonyl (C=O) groups excluding carboxylic acids is 1. The number of aliphatic hydroxyl groups is 1. The lowest BCUT2D eigenvalue weighted by molar-refractivity contribution is 0.119. The first-order valence-corrected chi connectivity index (χ1v) is 8.78. The van der Waals surface area contributed by atoms with Crippen LogP contribution in [0.4, 0.5) is 4.79 Å². The van der Waals surface area contributed by atoms with Gasteiger partial charge in [0.25, 0.3) is 0 Å². The predicted molar refractivity (Wildman–Crippen MR) is 90.1 cm³/mol. The van der Waals surface area contributed by atoms with Crippen LogP contribution < -0.4 is 10.6 Å². The molecule has 0 aliphatic heterocycles. The molecular weight excluding hydrogens is 318 g/mol. The number of aryl methyl sites for hydroxylation is 1. The molecule has 0 radical (unpaired) electrons. The van der Waals surface area contributed by atoms with Gasteiger partial charge in [0, 0.05) is 21.4 Å². The molecule has 22 heavy (non-hydrogen) atoms. The number of hydrogen-bond donors (Lipinski definition) is 3. The highest BCUT2D eigenvalue weighted by atomic mass is 32.1. The molecule has 7 heteroatoms. The van der Waals surface area contributed by atoms with Gasteiger partial charge in [0.1, 0.15) is 5.01 Å². The zero-order valence-corrected chi connectivity index (χ0v) is 14.6. The van der Waals surface area contributed by atoms with E-state index in [0.29, 0.717) is 6.54 Å². The Kier molecular flexibility index (Phi) is 5.55. The van der Waals surface area contributed by atoms with Crippen LogP contribution in [0.15, 0.2) is 22.9 Å². The molecule has 1 atom stereocenters. The van der Waals surface area contributed by atoms with Gasteiger partial charge in [0.05, 0.1) is 19.2 Å². The summed E-state index contributed by atoms with van der Waals surface area (Å²) < 4.78 is 0. The van der Waals surface area contributed by atoms with E-state index in [-0.39, 0.29) is 18.7 Å². The average Bonchev–Trinajstić information content (AvgIpc) is 3.14. The number of aliphatic hydroxyl groups excluding tert-OH is 1. The van der Waals surface area contributed by atoms with Gasteiger partial charge in [-0.15, -0.1) is 22.7 Å². The fraction of sp³-hybridized carbons (Fsp3) is 0.467. The molecule has 0 aliphatic rings. The van der Waals surface area contributed by atoms with E-state index in [0.717, 1.165) is 15.6 Å². The van der Waals surface area contributed by atoms with E-state index in [4.69, 9.17) is 0 Å².